The van der Waals surface area contributed by atoms with Gasteiger partial charge in [-0.2, -0.15) is 0 Å². The first-order chi connectivity index (χ1) is 9.08. The lowest BCUT2D eigenvalue weighted by Crippen LogP contribution is -2.18. The zero-order chi connectivity index (χ0) is 13.8. The van der Waals surface area contributed by atoms with Gasteiger partial charge in [0.15, 0.2) is 0 Å². The van der Waals surface area contributed by atoms with Gasteiger partial charge >= 0.3 is 0 Å². The molecule has 0 bridgehead atoms. The van der Waals surface area contributed by atoms with E-state index < -0.39 is 6.10 Å². The first-order valence-corrected chi connectivity index (χ1v) is 6.96. The summed E-state index contributed by atoms with van der Waals surface area (Å²) in [4.78, 5) is 6.45. The highest BCUT2D eigenvalue weighted by molar-refractivity contribution is 9.10. The number of anilines is 1. The molecule has 2 rings (SSSR count). The van der Waals surface area contributed by atoms with E-state index in [0.29, 0.717) is 0 Å². The summed E-state index contributed by atoms with van der Waals surface area (Å²) >= 11 is 3.55. The largest absolute Gasteiger partial charge is 0.389 e. The fourth-order valence-electron chi connectivity index (χ4n) is 1.83. The van der Waals surface area contributed by atoms with Crippen molar-refractivity contribution >= 4 is 21.7 Å². The van der Waals surface area contributed by atoms with Gasteiger partial charge in [0, 0.05) is 24.3 Å². The summed E-state index contributed by atoms with van der Waals surface area (Å²) in [6.45, 7) is 2.52. The van der Waals surface area contributed by atoms with Gasteiger partial charge in [0.25, 0.3) is 0 Å². The van der Waals surface area contributed by atoms with Crippen LogP contribution in [0.3, 0.4) is 0 Å². The van der Waals surface area contributed by atoms with Crippen LogP contribution in [0.1, 0.15) is 24.2 Å². The zero-order valence-corrected chi connectivity index (χ0v) is 12.6. The highest BCUT2D eigenvalue weighted by atomic mass is 79.9. The third-order valence-corrected chi connectivity index (χ3v) is 3.78. The molecule has 19 heavy (non-hydrogen) atoms. The van der Waals surface area contributed by atoms with Crippen molar-refractivity contribution in [3.8, 4) is 0 Å². The molecule has 4 heteroatoms. The number of aliphatic hydroxyl groups excluding tert-OH is 1. The highest BCUT2D eigenvalue weighted by Crippen LogP contribution is 2.20. The molecular weight excluding hydrogens is 304 g/mol. The quantitative estimate of drug-likeness (QED) is 0.936. The SMILES string of the molecule is CC(O)c1ccc(N(C)Cc2ccccc2Br)nc1. The molecule has 0 aliphatic heterocycles. The molecule has 2 aromatic rings. The second kappa shape index (κ2) is 6.17. The standard InChI is InChI=1S/C15H17BrN2O/c1-11(19)12-7-8-15(17-9-12)18(2)10-13-5-3-4-6-14(13)16/h3-9,11,19H,10H2,1-2H3. The van der Waals surface area contributed by atoms with Crippen LogP contribution in [-0.4, -0.2) is 17.1 Å². The molecule has 0 radical (unpaired) electrons. The van der Waals surface area contributed by atoms with E-state index in [0.717, 1.165) is 22.4 Å². The Hall–Kier alpha value is -1.39. The summed E-state index contributed by atoms with van der Waals surface area (Å²) in [6.07, 6.45) is 1.24. The Labute approximate surface area is 122 Å². The Kier molecular flexibility index (Phi) is 4.56. The number of halogens is 1. The number of hydrogen-bond donors (Lipinski definition) is 1. The average molecular weight is 321 g/mol. The van der Waals surface area contributed by atoms with Gasteiger partial charge in [-0.3, -0.25) is 0 Å². The predicted molar refractivity (Wildman–Crippen MR) is 81.1 cm³/mol. The third-order valence-electron chi connectivity index (χ3n) is 3.01. The van der Waals surface area contributed by atoms with Gasteiger partial charge in [0.1, 0.15) is 5.82 Å². The number of rotatable bonds is 4. The topological polar surface area (TPSA) is 36.4 Å². The molecule has 1 N–H and O–H groups in total. The number of benzene rings is 1. The third kappa shape index (κ3) is 3.55. The van der Waals surface area contributed by atoms with Crippen LogP contribution in [-0.2, 0) is 6.54 Å². The Morgan fingerprint density at radius 2 is 2.00 bits per heavy atom. The fourth-order valence-corrected chi connectivity index (χ4v) is 2.24. The molecule has 0 saturated heterocycles. The van der Waals surface area contributed by atoms with Crippen LogP contribution in [0.5, 0.6) is 0 Å². The van der Waals surface area contributed by atoms with E-state index in [9.17, 15) is 5.11 Å². The second-order valence-corrected chi connectivity index (χ2v) is 5.43. The maximum absolute atomic E-state index is 9.46. The average Bonchev–Trinajstić information content (AvgIpc) is 2.41. The molecule has 0 fully saturated rings. The Bertz CT molecular complexity index is 540. The van der Waals surface area contributed by atoms with Gasteiger partial charge in [0.05, 0.1) is 6.10 Å². The molecule has 0 aliphatic rings. The lowest BCUT2D eigenvalue weighted by atomic mass is 10.2. The van der Waals surface area contributed by atoms with Crippen LogP contribution in [0.2, 0.25) is 0 Å². The van der Waals surface area contributed by atoms with Crippen LogP contribution in [0, 0.1) is 0 Å². The molecule has 1 heterocycles. The molecule has 1 aromatic carbocycles. The molecular formula is C15H17BrN2O. The van der Waals surface area contributed by atoms with Crippen molar-refractivity contribution in [3.63, 3.8) is 0 Å². The summed E-state index contributed by atoms with van der Waals surface area (Å²) in [5.41, 5.74) is 2.05. The normalized spacial score (nSPS) is 12.2. The zero-order valence-electron chi connectivity index (χ0n) is 11.0. The summed E-state index contributed by atoms with van der Waals surface area (Å²) < 4.78 is 1.10. The van der Waals surface area contributed by atoms with E-state index >= 15 is 0 Å². The molecule has 3 nitrogen and oxygen atoms in total. The molecule has 0 amide bonds. The number of aromatic nitrogens is 1. The van der Waals surface area contributed by atoms with E-state index in [1.54, 1.807) is 13.1 Å². The minimum Gasteiger partial charge on any atom is -0.389 e. The van der Waals surface area contributed by atoms with Crippen molar-refractivity contribution in [2.24, 2.45) is 0 Å². The number of nitrogens with zero attached hydrogens (tertiary/aromatic N) is 2. The summed E-state index contributed by atoms with van der Waals surface area (Å²) in [5.74, 6) is 0.889. The Morgan fingerprint density at radius 3 is 2.58 bits per heavy atom. The van der Waals surface area contributed by atoms with Crippen LogP contribution < -0.4 is 4.90 Å². The van der Waals surface area contributed by atoms with Crippen molar-refractivity contribution in [3.05, 3.63) is 58.2 Å². The highest BCUT2D eigenvalue weighted by Gasteiger charge is 2.07. The smallest absolute Gasteiger partial charge is 0.128 e. The van der Waals surface area contributed by atoms with Gasteiger partial charge in [-0.15, -0.1) is 0 Å². The maximum atomic E-state index is 9.46. The molecule has 100 valence electrons. The van der Waals surface area contributed by atoms with Crippen molar-refractivity contribution < 1.29 is 5.11 Å². The summed E-state index contributed by atoms with van der Waals surface area (Å²) in [7, 11) is 2.00. The number of hydrogen-bond acceptors (Lipinski definition) is 3. The molecule has 1 aromatic heterocycles. The van der Waals surface area contributed by atoms with E-state index in [4.69, 9.17) is 0 Å². The van der Waals surface area contributed by atoms with Crippen LogP contribution in [0.4, 0.5) is 5.82 Å². The lowest BCUT2D eigenvalue weighted by Gasteiger charge is -2.19. The minimum atomic E-state index is -0.477. The fraction of sp³-hybridized carbons (Fsp3) is 0.267. The number of aliphatic hydroxyl groups is 1. The minimum absolute atomic E-state index is 0.477. The summed E-state index contributed by atoms with van der Waals surface area (Å²) in [6, 6.07) is 12.0. The number of pyridine rings is 1. The van der Waals surface area contributed by atoms with Gasteiger partial charge < -0.3 is 10.0 Å². The monoisotopic (exact) mass is 320 g/mol. The lowest BCUT2D eigenvalue weighted by molar-refractivity contribution is 0.199. The van der Waals surface area contributed by atoms with Gasteiger partial charge in [-0.1, -0.05) is 40.2 Å². The van der Waals surface area contributed by atoms with Crippen molar-refractivity contribution in [2.45, 2.75) is 19.6 Å². The first kappa shape index (κ1) is 14.0. The van der Waals surface area contributed by atoms with E-state index in [-0.39, 0.29) is 0 Å². The van der Waals surface area contributed by atoms with Crippen LogP contribution >= 0.6 is 15.9 Å². The van der Waals surface area contributed by atoms with E-state index in [1.807, 2.05) is 37.4 Å². The molecule has 0 spiro atoms. The van der Waals surface area contributed by atoms with Gasteiger partial charge in [0.2, 0.25) is 0 Å². The van der Waals surface area contributed by atoms with Crippen molar-refractivity contribution in [1.29, 1.82) is 0 Å². The molecule has 1 unspecified atom stereocenters. The van der Waals surface area contributed by atoms with E-state index in [2.05, 4.69) is 31.9 Å². The first-order valence-electron chi connectivity index (χ1n) is 6.16. The van der Waals surface area contributed by atoms with Gasteiger partial charge in [-0.05, 0) is 30.2 Å². The maximum Gasteiger partial charge on any atom is 0.128 e. The van der Waals surface area contributed by atoms with E-state index in [1.165, 1.54) is 5.56 Å². The van der Waals surface area contributed by atoms with Gasteiger partial charge in [-0.25, -0.2) is 4.98 Å². The molecule has 0 aliphatic carbocycles. The molecule has 1 atom stereocenters. The predicted octanol–water partition coefficient (Wildman–Crippen LogP) is 3.53. The Morgan fingerprint density at radius 1 is 1.26 bits per heavy atom. The molecule has 0 saturated carbocycles. The van der Waals surface area contributed by atoms with Crippen LogP contribution in [0.15, 0.2) is 47.1 Å². The second-order valence-electron chi connectivity index (χ2n) is 4.57. The Balaban J connectivity index is 2.12. The van der Waals surface area contributed by atoms with Crippen molar-refractivity contribution in [2.75, 3.05) is 11.9 Å². The van der Waals surface area contributed by atoms with Crippen molar-refractivity contribution in [1.82, 2.24) is 4.98 Å². The summed E-state index contributed by atoms with van der Waals surface area (Å²) in [5, 5.41) is 9.46. The van der Waals surface area contributed by atoms with Crippen LogP contribution in [0.25, 0.3) is 0 Å².